The molecular formula is C16H19N3O3S. The number of nitrogens with zero attached hydrogens (tertiary/aromatic N) is 1. The summed E-state index contributed by atoms with van der Waals surface area (Å²) >= 11 is 1.60. The summed E-state index contributed by atoms with van der Waals surface area (Å²) in [6, 6.07) is 8.56. The first-order valence-corrected chi connectivity index (χ1v) is 8.46. The highest BCUT2D eigenvalue weighted by Crippen LogP contribution is 2.21. The zero-order valence-electron chi connectivity index (χ0n) is 13.0. The number of carbonyl (C=O) groups is 2. The summed E-state index contributed by atoms with van der Waals surface area (Å²) in [7, 11) is 0. The summed E-state index contributed by atoms with van der Waals surface area (Å²) < 4.78 is 0. The monoisotopic (exact) mass is 333 g/mol. The molecule has 7 heteroatoms. The summed E-state index contributed by atoms with van der Waals surface area (Å²) in [5.41, 5.74) is 1.87. The van der Waals surface area contributed by atoms with Crippen LogP contribution in [0.25, 0.3) is 0 Å². The number of benzene rings is 1. The van der Waals surface area contributed by atoms with E-state index in [2.05, 4.69) is 15.5 Å². The number of aryl methyl sites for hydroxylation is 1. The van der Waals surface area contributed by atoms with Crippen LogP contribution in [0.3, 0.4) is 0 Å². The molecule has 0 saturated carbocycles. The van der Waals surface area contributed by atoms with E-state index in [1.807, 2.05) is 37.4 Å². The van der Waals surface area contributed by atoms with Crippen molar-refractivity contribution in [2.75, 3.05) is 6.26 Å². The Balaban J connectivity index is 2.17. The molecule has 2 rings (SSSR count). The van der Waals surface area contributed by atoms with E-state index in [9.17, 15) is 9.59 Å². The summed E-state index contributed by atoms with van der Waals surface area (Å²) in [6.45, 7) is 1.95. The van der Waals surface area contributed by atoms with E-state index in [1.165, 1.54) is 0 Å². The minimum absolute atomic E-state index is 0.185. The largest absolute Gasteiger partial charge is 0.481 e. The molecule has 1 amide bonds. The second-order valence-electron chi connectivity index (χ2n) is 5.03. The smallest absolute Gasteiger partial charge is 0.305 e. The average molecular weight is 333 g/mol. The Morgan fingerprint density at radius 1 is 1.35 bits per heavy atom. The van der Waals surface area contributed by atoms with Gasteiger partial charge in [0.2, 0.25) is 0 Å². The van der Waals surface area contributed by atoms with Gasteiger partial charge < -0.3 is 10.4 Å². The molecule has 1 atom stereocenters. The maximum atomic E-state index is 12.3. The third-order valence-corrected chi connectivity index (χ3v) is 4.19. The number of carbonyl (C=O) groups excluding carboxylic acids is 1. The Bertz CT molecular complexity index is 682. The number of carboxylic acid groups (broad SMARTS) is 1. The highest BCUT2D eigenvalue weighted by molar-refractivity contribution is 7.98. The van der Waals surface area contributed by atoms with Crippen molar-refractivity contribution in [2.24, 2.45) is 0 Å². The lowest BCUT2D eigenvalue weighted by Gasteiger charge is -2.17. The van der Waals surface area contributed by atoms with Crippen molar-refractivity contribution in [3.63, 3.8) is 0 Å². The topological polar surface area (TPSA) is 95.1 Å². The van der Waals surface area contributed by atoms with Gasteiger partial charge in [-0.1, -0.05) is 19.1 Å². The quantitative estimate of drug-likeness (QED) is 0.677. The lowest BCUT2D eigenvalue weighted by molar-refractivity contribution is -0.137. The molecule has 0 aliphatic heterocycles. The fourth-order valence-corrected chi connectivity index (χ4v) is 2.56. The zero-order chi connectivity index (χ0) is 16.8. The van der Waals surface area contributed by atoms with Gasteiger partial charge in [-0.05, 0) is 36.4 Å². The number of aromatic nitrogens is 2. The molecule has 0 fully saturated rings. The molecule has 6 nitrogen and oxygen atoms in total. The van der Waals surface area contributed by atoms with Crippen LogP contribution in [0.4, 0.5) is 0 Å². The molecule has 1 unspecified atom stereocenters. The molecule has 1 aromatic carbocycles. The molecule has 122 valence electrons. The number of carboxylic acids is 1. The maximum Gasteiger partial charge on any atom is 0.305 e. The van der Waals surface area contributed by atoms with Crippen LogP contribution >= 0.6 is 11.8 Å². The molecule has 1 aromatic heterocycles. The van der Waals surface area contributed by atoms with E-state index >= 15 is 0 Å². The zero-order valence-corrected chi connectivity index (χ0v) is 13.8. The first kappa shape index (κ1) is 17.1. The minimum atomic E-state index is -0.972. The second kappa shape index (κ2) is 7.82. The second-order valence-corrected chi connectivity index (χ2v) is 5.91. The fraction of sp³-hybridized carbons (Fsp3) is 0.312. The molecule has 0 aliphatic carbocycles. The van der Waals surface area contributed by atoms with Gasteiger partial charge in [-0.3, -0.25) is 14.7 Å². The molecule has 0 spiro atoms. The Morgan fingerprint density at radius 2 is 2.04 bits per heavy atom. The normalized spacial score (nSPS) is 11.9. The van der Waals surface area contributed by atoms with Gasteiger partial charge in [-0.15, -0.1) is 11.8 Å². The van der Waals surface area contributed by atoms with Gasteiger partial charge in [0.1, 0.15) is 5.69 Å². The van der Waals surface area contributed by atoms with Crippen LogP contribution in [0.15, 0.2) is 35.2 Å². The number of aromatic amines is 1. The van der Waals surface area contributed by atoms with Crippen molar-refractivity contribution in [2.45, 2.75) is 30.7 Å². The summed E-state index contributed by atoms with van der Waals surface area (Å²) in [6.07, 6.45) is 2.53. The molecule has 0 saturated heterocycles. The number of nitrogens with one attached hydrogen (secondary N) is 2. The van der Waals surface area contributed by atoms with Crippen molar-refractivity contribution in [1.82, 2.24) is 15.5 Å². The molecule has 0 radical (unpaired) electrons. The van der Waals surface area contributed by atoms with Crippen LogP contribution in [0.1, 0.15) is 41.1 Å². The predicted octanol–water partition coefficient (Wildman–Crippen LogP) is 2.64. The molecule has 2 aromatic rings. The lowest BCUT2D eigenvalue weighted by Crippen LogP contribution is -2.30. The van der Waals surface area contributed by atoms with Crippen molar-refractivity contribution in [1.29, 1.82) is 0 Å². The van der Waals surface area contributed by atoms with E-state index in [0.717, 1.165) is 22.6 Å². The van der Waals surface area contributed by atoms with Crippen LogP contribution in [0.2, 0.25) is 0 Å². The maximum absolute atomic E-state index is 12.3. The predicted molar refractivity (Wildman–Crippen MR) is 88.6 cm³/mol. The van der Waals surface area contributed by atoms with E-state index in [1.54, 1.807) is 17.8 Å². The summed E-state index contributed by atoms with van der Waals surface area (Å²) in [5.74, 6) is -1.36. The van der Waals surface area contributed by atoms with Crippen LogP contribution in [0.5, 0.6) is 0 Å². The number of amides is 1. The van der Waals surface area contributed by atoms with Gasteiger partial charge >= 0.3 is 5.97 Å². The minimum Gasteiger partial charge on any atom is -0.481 e. The van der Waals surface area contributed by atoms with Crippen LogP contribution in [-0.2, 0) is 11.2 Å². The Labute approximate surface area is 138 Å². The lowest BCUT2D eigenvalue weighted by atomic mass is 10.0. The first-order valence-electron chi connectivity index (χ1n) is 7.24. The number of aliphatic carboxylic acids is 1. The number of hydrogen-bond acceptors (Lipinski definition) is 4. The van der Waals surface area contributed by atoms with Crippen molar-refractivity contribution >= 4 is 23.6 Å². The van der Waals surface area contributed by atoms with Gasteiger partial charge in [-0.25, -0.2) is 0 Å². The van der Waals surface area contributed by atoms with Crippen LogP contribution in [-0.4, -0.2) is 33.4 Å². The van der Waals surface area contributed by atoms with Gasteiger partial charge in [0, 0.05) is 10.6 Å². The number of hydrogen-bond donors (Lipinski definition) is 3. The molecule has 0 bridgehead atoms. The fourth-order valence-electron chi connectivity index (χ4n) is 2.15. The molecular weight excluding hydrogens is 314 g/mol. The molecule has 0 aliphatic rings. The van der Waals surface area contributed by atoms with Crippen LogP contribution in [0, 0.1) is 0 Å². The Morgan fingerprint density at radius 3 is 2.57 bits per heavy atom. The van der Waals surface area contributed by atoms with Crippen molar-refractivity contribution < 1.29 is 14.7 Å². The van der Waals surface area contributed by atoms with Crippen LogP contribution < -0.4 is 5.32 Å². The average Bonchev–Trinajstić information content (AvgIpc) is 3.03. The molecule has 23 heavy (non-hydrogen) atoms. The Kier molecular flexibility index (Phi) is 5.81. The SMILES string of the molecule is CCc1cc(C(=O)NC(CC(=O)O)c2ccc(SC)cc2)n[nH]1. The van der Waals surface area contributed by atoms with E-state index in [-0.39, 0.29) is 18.0 Å². The molecule has 1 heterocycles. The van der Waals surface area contributed by atoms with E-state index < -0.39 is 12.0 Å². The van der Waals surface area contributed by atoms with Crippen molar-refractivity contribution in [3.8, 4) is 0 Å². The van der Waals surface area contributed by atoms with Gasteiger partial charge in [-0.2, -0.15) is 5.10 Å². The summed E-state index contributed by atoms with van der Waals surface area (Å²) in [5, 5.41) is 18.6. The third kappa shape index (κ3) is 4.59. The Hall–Kier alpha value is -2.28. The number of rotatable bonds is 7. The molecule has 3 N–H and O–H groups in total. The van der Waals surface area contributed by atoms with Gasteiger partial charge in [0.15, 0.2) is 0 Å². The van der Waals surface area contributed by atoms with Gasteiger partial charge in [0.25, 0.3) is 5.91 Å². The highest BCUT2D eigenvalue weighted by Gasteiger charge is 2.20. The first-order chi connectivity index (χ1) is 11.0. The standard InChI is InChI=1S/C16H19N3O3S/c1-3-11-8-14(19-18-11)16(22)17-13(9-15(20)21)10-4-6-12(23-2)7-5-10/h4-8,13H,3,9H2,1-2H3,(H,17,22)(H,18,19)(H,20,21). The van der Waals surface area contributed by atoms with Gasteiger partial charge in [0.05, 0.1) is 12.5 Å². The third-order valence-electron chi connectivity index (χ3n) is 3.45. The highest BCUT2D eigenvalue weighted by atomic mass is 32.2. The number of thioether (sulfide) groups is 1. The number of H-pyrrole nitrogens is 1. The van der Waals surface area contributed by atoms with E-state index in [0.29, 0.717) is 0 Å². The van der Waals surface area contributed by atoms with Crippen molar-refractivity contribution in [3.05, 3.63) is 47.3 Å². The summed E-state index contributed by atoms with van der Waals surface area (Å²) in [4.78, 5) is 24.4. The van der Waals surface area contributed by atoms with E-state index in [4.69, 9.17) is 5.11 Å².